The maximum atomic E-state index is 4.98. The second-order valence-corrected chi connectivity index (χ2v) is 6.78. The Morgan fingerprint density at radius 1 is 1.08 bits per heavy atom. The summed E-state index contributed by atoms with van der Waals surface area (Å²) in [7, 11) is 0. The molecule has 0 unspecified atom stereocenters. The molecule has 1 aliphatic rings. The van der Waals surface area contributed by atoms with Crippen LogP contribution in [0.5, 0.6) is 0 Å². The third-order valence-electron chi connectivity index (χ3n) is 4.85. The van der Waals surface area contributed by atoms with Gasteiger partial charge in [0.1, 0.15) is 0 Å². The quantitative estimate of drug-likeness (QED) is 0.582. The molecule has 1 atom stereocenters. The summed E-state index contributed by atoms with van der Waals surface area (Å²) >= 11 is 0. The van der Waals surface area contributed by atoms with E-state index in [1.165, 1.54) is 12.8 Å². The van der Waals surface area contributed by atoms with Crippen LogP contribution >= 0.6 is 0 Å². The normalized spacial score (nSPS) is 15.2. The summed E-state index contributed by atoms with van der Waals surface area (Å²) in [6.45, 7) is 0. The van der Waals surface area contributed by atoms with Gasteiger partial charge in [-0.25, -0.2) is 14.6 Å². The summed E-state index contributed by atoms with van der Waals surface area (Å²) in [5.41, 5.74) is 2.13. The Bertz CT molecular complexity index is 965. The molecule has 1 aromatic carbocycles. The highest BCUT2D eigenvalue weighted by Gasteiger charge is 2.31. The maximum absolute atomic E-state index is 4.98. The van der Waals surface area contributed by atoms with Crippen LogP contribution in [0.3, 0.4) is 0 Å². The standard InChI is InChI=1S/C20H20N6/c1-2-6-17(7-3-1)26-20(23-19(24-26)15-8-9-15)18(25-10-4-5-11-25)12-16-13-21-14-22-16/h1-7,10-11,13-15,18H,8-9,12H2,(H,21,22)/t18-/m0/s1. The van der Waals surface area contributed by atoms with Gasteiger partial charge in [0.15, 0.2) is 11.6 Å². The molecule has 5 rings (SSSR count). The highest BCUT2D eigenvalue weighted by Crippen LogP contribution is 2.39. The van der Waals surface area contributed by atoms with Crippen LogP contribution in [0.25, 0.3) is 5.69 Å². The van der Waals surface area contributed by atoms with Crippen LogP contribution in [-0.2, 0) is 6.42 Å². The molecule has 0 saturated heterocycles. The molecular formula is C20H20N6. The van der Waals surface area contributed by atoms with Crippen LogP contribution in [0, 0.1) is 0 Å². The zero-order valence-electron chi connectivity index (χ0n) is 14.4. The second-order valence-electron chi connectivity index (χ2n) is 6.78. The number of para-hydroxylation sites is 1. The monoisotopic (exact) mass is 344 g/mol. The van der Waals surface area contributed by atoms with E-state index < -0.39 is 0 Å². The molecule has 3 heterocycles. The van der Waals surface area contributed by atoms with Crippen LogP contribution in [0.1, 0.15) is 42.1 Å². The van der Waals surface area contributed by atoms with Crippen molar-refractivity contribution in [2.75, 3.05) is 0 Å². The highest BCUT2D eigenvalue weighted by atomic mass is 15.4. The number of H-pyrrole nitrogens is 1. The molecule has 0 amide bonds. The van der Waals surface area contributed by atoms with Crippen LogP contribution < -0.4 is 0 Å². The van der Waals surface area contributed by atoms with Crippen molar-refractivity contribution in [1.82, 2.24) is 29.3 Å². The third-order valence-corrected chi connectivity index (χ3v) is 4.85. The first-order chi connectivity index (χ1) is 12.9. The predicted molar refractivity (Wildman–Crippen MR) is 98.2 cm³/mol. The van der Waals surface area contributed by atoms with Crippen LogP contribution in [-0.4, -0.2) is 29.3 Å². The summed E-state index contributed by atoms with van der Waals surface area (Å²) in [5.74, 6) is 2.44. The summed E-state index contributed by atoms with van der Waals surface area (Å²) in [4.78, 5) is 12.4. The van der Waals surface area contributed by atoms with Crippen LogP contribution in [0.15, 0.2) is 67.4 Å². The van der Waals surface area contributed by atoms with Gasteiger partial charge in [0, 0.05) is 36.6 Å². The molecule has 1 fully saturated rings. The zero-order valence-corrected chi connectivity index (χ0v) is 14.4. The van der Waals surface area contributed by atoms with E-state index in [4.69, 9.17) is 10.1 Å². The first kappa shape index (κ1) is 15.1. The molecule has 3 aromatic heterocycles. The van der Waals surface area contributed by atoms with Crippen molar-refractivity contribution < 1.29 is 0 Å². The molecule has 0 spiro atoms. The van der Waals surface area contributed by atoms with Gasteiger partial charge in [-0.2, -0.15) is 5.10 Å². The first-order valence-electron chi connectivity index (χ1n) is 9.00. The van der Waals surface area contributed by atoms with Gasteiger partial charge in [0.25, 0.3) is 0 Å². The van der Waals surface area contributed by atoms with Crippen molar-refractivity contribution in [3.63, 3.8) is 0 Å². The van der Waals surface area contributed by atoms with E-state index in [-0.39, 0.29) is 6.04 Å². The topological polar surface area (TPSA) is 64.3 Å². The van der Waals surface area contributed by atoms with E-state index in [2.05, 4.69) is 39.1 Å². The van der Waals surface area contributed by atoms with Gasteiger partial charge in [0.05, 0.1) is 18.1 Å². The van der Waals surface area contributed by atoms with Gasteiger partial charge >= 0.3 is 0 Å². The minimum atomic E-state index is 0.0469. The van der Waals surface area contributed by atoms with Crippen molar-refractivity contribution >= 4 is 0 Å². The molecule has 1 saturated carbocycles. The van der Waals surface area contributed by atoms with Crippen molar-refractivity contribution in [2.45, 2.75) is 31.2 Å². The summed E-state index contributed by atoms with van der Waals surface area (Å²) in [6, 6.07) is 14.4. The Morgan fingerprint density at radius 3 is 2.58 bits per heavy atom. The number of hydrogen-bond acceptors (Lipinski definition) is 3. The predicted octanol–water partition coefficient (Wildman–Crippen LogP) is 3.50. The van der Waals surface area contributed by atoms with Crippen molar-refractivity contribution in [3.05, 3.63) is 84.7 Å². The molecule has 4 aromatic rings. The minimum Gasteiger partial charge on any atom is -0.348 e. The van der Waals surface area contributed by atoms with Gasteiger partial charge < -0.3 is 9.55 Å². The highest BCUT2D eigenvalue weighted by molar-refractivity contribution is 5.33. The van der Waals surface area contributed by atoms with Crippen LogP contribution in [0.4, 0.5) is 0 Å². The minimum absolute atomic E-state index is 0.0469. The molecule has 0 aliphatic heterocycles. The Morgan fingerprint density at radius 2 is 1.88 bits per heavy atom. The lowest BCUT2D eigenvalue weighted by molar-refractivity contribution is 0.530. The fourth-order valence-electron chi connectivity index (χ4n) is 3.32. The fraction of sp³-hybridized carbons (Fsp3) is 0.250. The van der Waals surface area contributed by atoms with Crippen molar-refractivity contribution in [3.8, 4) is 5.69 Å². The Balaban J connectivity index is 1.63. The number of aromatic amines is 1. The van der Waals surface area contributed by atoms with Gasteiger partial charge in [-0.1, -0.05) is 18.2 Å². The average Bonchev–Trinajstić information content (AvgIpc) is 3.12. The van der Waals surface area contributed by atoms with E-state index in [9.17, 15) is 0 Å². The van der Waals surface area contributed by atoms with Crippen molar-refractivity contribution in [1.29, 1.82) is 0 Å². The van der Waals surface area contributed by atoms with E-state index >= 15 is 0 Å². The fourth-order valence-corrected chi connectivity index (χ4v) is 3.32. The van der Waals surface area contributed by atoms with Gasteiger partial charge in [0.2, 0.25) is 0 Å². The molecule has 0 bridgehead atoms. The summed E-state index contributed by atoms with van der Waals surface area (Å²) < 4.78 is 4.20. The number of nitrogens with zero attached hydrogens (tertiary/aromatic N) is 5. The lowest BCUT2D eigenvalue weighted by Gasteiger charge is -2.18. The summed E-state index contributed by atoms with van der Waals surface area (Å²) in [5, 5.41) is 4.87. The van der Waals surface area contributed by atoms with E-state index in [1.807, 2.05) is 41.2 Å². The molecule has 6 heteroatoms. The molecule has 1 N–H and O–H groups in total. The molecule has 130 valence electrons. The largest absolute Gasteiger partial charge is 0.348 e. The Hall–Kier alpha value is -3.15. The van der Waals surface area contributed by atoms with Gasteiger partial charge in [-0.15, -0.1) is 0 Å². The average molecular weight is 344 g/mol. The molecular weight excluding hydrogens is 324 g/mol. The lowest BCUT2D eigenvalue weighted by atomic mass is 10.1. The number of imidazole rings is 1. The van der Waals surface area contributed by atoms with E-state index in [0.717, 1.165) is 29.5 Å². The van der Waals surface area contributed by atoms with Crippen LogP contribution in [0.2, 0.25) is 0 Å². The number of nitrogens with one attached hydrogen (secondary N) is 1. The molecule has 6 nitrogen and oxygen atoms in total. The summed E-state index contributed by atoms with van der Waals surface area (Å²) in [6.07, 6.45) is 10.9. The maximum Gasteiger partial charge on any atom is 0.155 e. The number of benzene rings is 1. The van der Waals surface area contributed by atoms with E-state index in [1.54, 1.807) is 6.33 Å². The van der Waals surface area contributed by atoms with Crippen molar-refractivity contribution in [2.24, 2.45) is 0 Å². The first-order valence-corrected chi connectivity index (χ1v) is 9.00. The SMILES string of the molecule is c1ccc(-n2nc(C3CC3)nc2[C@H](Cc2cnc[nH]2)n2cccc2)cc1. The lowest BCUT2D eigenvalue weighted by Crippen LogP contribution is -2.18. The smallest absolute Gasteiger partial charge is 0.155 e. The Labute approximate surface area is 151 Å². The number of aromatic nitrogens is 6. The van der Waals surface area contributed by atoms with E-state index in [0.29, 0.717) is 5.92 Å². The molecule has 26 heavy (non-hydrogen) atoms. The molecule has 0 radical (unpaired) electrons. The third kappa shape index (κ3) is 2.83. The van der Waals surface area contributed by atoms with Gasteiger partial charge in [-0.3, -0.25) is 0 Å². The van der Waals surface area contributed by atoms with Gasteiger partial charge in [-0.05, 0) is 37.1 Å². The zero-order chi connectivity index (χ0) is 17.3. The number of rotatable bonds is 6. The second kappa shape index (κ2) is 6.29. The number of hydrogen-bond donors (Lipinski definition) is 1. The molecule has 1 aliphatic carbocycles. The Kier molecular flexibility index (Phi) is 3.66.